The summed E-state index contributed by atoms with van der Waals surface area (Å²) < 4.78 is 10.7. The van der Waals surface area contributed by atoms with Crippen molar-refractivity contribution in [2.45, 2.75) is 19.5 Å². The summed E-state index contributed by atoms with van der Waals surface area (Å²) in [6.07, 6.45) is 0. The number of carbonyl (C=O) groups excluding carboxylic acids is 2. The molecule has 3 amide bonds. The number of methoxy groups -OCH3 is 1. The summed E-state index contributed by atoms with van der Waals surface area (Å²) in [6.45, 7) is 3.59. The number of likely N-dealkylation sites (N-methyl/N-ethyl adjacent to an activating group) is 1. The van der Waals surface area contributed by atoms with Gasteiger partial charge < -0.3 is 19.3 Å². The molecule has 0 fully saturated rings. The molecule has 140 valence electrons. The van der Waals surface area contributed by atoms with Crippen molar-refractivity contribution in [1.82, 2.24) is 15.3 Å². The minimum atomic E-state index is -0.606. The van der Waals surface area contributed by atoms with Gasteiger partial charge in [0.15, 0.2) is 0 Å². The summed E-state index contributed by atoms with van der Waals surface area (Å²) in [7, 11) is 3.33. The summed E-state index contributed by atoms with van der Waals surface area (Å²) in [5.41, 5.74) is 2.70. The van der Waals surface area contributed by atoms with Crippen LogP contribution in [0.1, 0.15) is 22.8 Å². The zero-order valence-electron chi connectivity index (χ0n) is 14.6. The fraction of sp³-hybridized carbons (Fsp3) is 0.500. The Kier molecular flexibility index (Phi) is 8.01. The Bertz CT molecular complexity index is 613. The first-order valence-corrected chi connectivity index (χ1v) is 7.68. The quantitative estimate of drug-likeness (QED) is 0.613. The van der Waals surface area contributed by atoms with Crippen molar-refractivity contribution in [3.05, 3.63) is 29.3 Å². The van der Waals surface area contributed by atoms with Gasteiger partial charge in [-0.05, 0) is 19.1 Å². The summed E-state index contributed by atoms with van der Waals surface area (Å²) in [5.74, 6) is -0.0660. The van der Waals surface area contributed by atoms with Crippen LogP contribution in [0.25, 0.3) is 0 Å². The number of nitrogens with zero attached hydrogens (tertiary/aromatic N) is 2. The van der Waals surface area contributed by atoms with E-state index in [1.165, 1.54) is 0 Å². The molecule has 0 aromatic heterocycles. The molecule has 0 radical (unpaired) electrons. The Balaban J connectivity index is 0.00000312. The third-order valence-electron chi connectivity index (χ3n) is 3.99. The number of urea groups is 1. The SMILES string of the molecule is COCCN(C)C(=O)N1Cc2ccc(C(=O)NO)cc2OC[C@@H]1C.S. The number of ether oxygens (including phenoxy) is 2. The molecule has 1 aliphatic heterocycles. The molecule has 0 unspecified atom stereocenters. The molecule has 1 aliphatic rings. The summed E-state index contributed by atoms with van der Waals surface area (Å²) >= 11 is 0. The average molecular weight is 371 g/mol. The molecular weight excluding hydrogens is 346 g/mol. The van der Waals surface area contributed by atoms with Gasteiger partial charge in [0, 0.05) is 31.8 Å². The predicted molar refractivity (Wildman–Crippen MR) is 96.5 cm³/mol. The maximum atomic E-state index is 12.6. The first-order chi connectivity index (χ1) is 11.5. The molecule has 1 atom stereocenters. The molecular formula is C16H25N3O5S. The molecule has 0 saturated carbocycles. The van der Waals surface area contributed by atoms with Crippen molar-refractivity contribution >= 4 is 25.4 Å². The molecule has 2 rings (SSSR count). The standard InChI is InChI=1S/C16H23N3O5.H2S/c1-11-10-24-14-8-12(15(20)17-22)4-5-13(14)9-19(11)16(21)18(2)6-7-23-3;/h4-5,8,11,22H,6-7,9-10H2,1-3H3,(H,17,20);1H2/t11-;/m0./s1. The second kappa shape index (κ2) is 9.50. The van der Waals surface area contributed by atoms with E-state index in [0.717, 1.165) is 5.56 Å². The molecule has 1 aromatic carbocycles. The van der Waals surface area contributed by atoms with Gasteiger partial charge >= 0.3 is 6.03 Å². The maximum absolute atomic E-state index is 12.6. The van der Waals surface area contributed by atoms with Crippen molar-refractivity contribution in [3.8, 4) is 5.75 Å². The van der Waals surface area contributed by atoms with Gasteiger partial charge in [-0.2, -0.15) is 13.5 Å². The molecule has 0 bridgehead atoms. The highest BCUT2D eigenvalue weighted by atomic mass is 32.1. The van der Waals surface area contributed by atoms with Crippen LogP contribution in [0.4, 0.5) is 4.79 Å². The van der Waals surface area contributed by atoms with E-state index in [1.54, 1.807) is 47.6 Å². The van der Waals surface area contributed by atoms with Gasteiger partial charge in [0.25, 0.3) is 5.91 Å². The van der Waals surface area contributed by atoms with E-state index in [2.05, 4.69) is 0 Å². The summed E-state index contributed by atoms with van der Waals surface area (Å²) in [4.78, 5) is 27.5. The summed E-state index contributed by atoms with van der Waals surface area (Å²) in [5, 5.41) is 8.73. The van der Waals surface area contributed by atoms with Gasteiger partial charge in [0.2, 0.25) is 0 Å². The number of hydrogen-bond acceptors (Lipinski definition) is 5. The van der Waals surface area contributed by atoms with E-state index >= 15 is 0 Å². The third-order valence-corrected chi connectivity index (χ3v) is 3.99. The lowest BCUT2D eigenvalue weighted by atomic mass is 10.1. The van der Waals surface area contributed by atoms with Crippen molar-refractivity contribution in [2.75, 3.05) is 33.9 Å². The van der Waals surface area contributed by atoms with Crippen LogP contribution in [0.2, 0.25) is 0 Å². The second-order valence-electron chi connectivity index (χ2n) is 5.75. The van der Waals surface area contributed by atoms with Crippen molar-refractivity contribution in [1.29, 1.82) is 0 Å². The van der Waals surface area contributed by atoms with Gasteiger partial charge in [-0.3, -0.25) is 10.0 Å². The fourth-order valence-corrected chi connectivity index (χ4v) is 2.46. The lowest BCUT2D eigenvalue weighted by Crippen LogP contribution is -2.47. The van der Waals surface area contributed by atoms with E-state index < -0.39 is 5.91 Å². The lowest BCUT2D eigenvalue weighted by molar-refractivity contribution is 0.0706. The molecule has 1 aromatic rings. The minimum Gasteiger partial charge on any atom is -0.491 e. The molecule has 0 spiro atoms. The van der Waals surface area contributed by atoms with Gasteiger partial charge in [-0.25, -0.2) is 10.3 Å². The van der Waals surface area contributed by atoms with Gasteiger partial charge in [0.1, 0.15) is 12.4 Å². The van der Waals surface area contributed by atoms with Crippen molar-refractivity contribution < 1.29 is 24.3 Å². The van der Waals surface area contributed by atoms with E-state index in [4.69, 9.17) is 14.7 Å². The molecule has 2 N–H and O–H groups in total. The highest BCUT2D eigenvalue weighted by molar-refractivity contribution is 7.59. The van der Waals surface area contributed by atoms with Crippen LogP contribution < -0.4 is 10.2 Å². The fourth-order valence-electron chi connectivity index (χ4n) is 2.46. The normalized spacial score (nSPS) is 16.0. The lowest BCUT2D eigenvalue weighted by Gasteiger charge is -2.30. The first kappa shape index (κ1) is 21.1. The van der Waals surface area contributed by atoms with Crippen LogP contribution in [0.3, 0.4) is 0 Å². The molecule has 0 saturated heterocycles. The van der Waals surface area contributed by atoms with Crippen molar-refractivity contribution in [3.63, 3.8) is 0 Å². The number of nitrogens with one attached hydrogen (secondary N) is 1. The zero-order chi connectivity index (χ0) is 17.7. The minimum absolute atomic E-state index is 0. The number of hydroxylamine groups is 1. The second-order valence-corrected chi connectivity index (χ2v) is 5.75. The Labute approximate surface area is 154 Å². The van der Waals surface area contributed by atoms with Gasteiger partial charge in [-0.15, -0.1) is 0 Å². The number of fused-ring (bicyclic) bond motifs is 1. The topological polar surface area (TPSA) is 91.3 Å². The molecule has 0 aliphatic carbocycles. The van der Waals surface area contributed by atoms with Gasteiger partial charge in [0.05, 0.1) is 19.2 Å². The average Bonchev–Trinajstić information content (AvgIpc) is 2.76. The number of carbonyl (C=O) groups is 2. The Hall–Kier alpha value is -1.97. The maximum Gasteiger partial charge on any atom is 0.320 e. The molecule has 8 nitrogen and oxygen atoms in total. The first-order valence-electron chi connectivity index (χ1n) is 7.68. The molecule has 25 heavy (non-hydrogen) atoms. The molecule has 1 heterocycles. The van der Waals surface area contributed by atoms with E-state index in [9.17, 15) is 9.59 Å². The third kappa shape index (κ3) is 5.00. The molecule has 9 heteroatoms. The Morgan fingerprint density at radius 1 is 1.48 bits per heavy atom. The van der Waals surface area contributed by atoms with Gasteiger partial charge in [-0.1, -0.05) is 6.07 Å². The largest absolute Gasteiger partial charge is 0.491 e. The van der Waals surface area contributed by atoms with E-state index in [-0.39, 0.29) is 25.6 Å². The van der Waals surface area contributed by atoms with Crippen LogP contribution in [0, 0.1) is 0 Å². The smallest absolute Gasteiger partial charge is 0.320 e. The Morgan fingerprint density at radius 2 is 2.20 bits per heavy atom. The Morgan fingerprint density at radius 3 is 2.84 bits per heavy atom. The number of hydrogen-bond donors (Lipinski definition) is 2. The van der Waals surface area contributed by atoms with Crippen molar-refractivity contribution in [2.24, 2.45) is 0 Å². The van der Waals surface area contributed by atoms with Crippen LogP contribution in [-0.4, -0.2) is 66.9 Å². The summed E-state index contributed by atoms with van der Waals surface area (Å²) in [6, 6.07) is 4.66. The zero-order valence-corrected chi connectivity index (χ0v) is 15.6. The van der Waals surface area contributed by atoms with E-state index in [1.807, 2.05) is 6.92 Å². The number of rotatable bonds is 4. The number of benzene rings is 1. The van der Waals surface area contributed by atoms with Crippen LogP contribution in [0.15, 0.2) is 18.2 Å². The highest BCUT2D eigenvalue weighted by Gasteiger charge is 2.28. The van der Waals surface area contributed by atoms with Crippen LogP contribution in [-0.2, 0) is 11.3 Å². The highest BCUT2D eigenvalue weighted by Crippen LogP contribution is 2.27. The monoisotopic (exact) mass is 371 g/mol. The van der Waals surface area contributed by atoms with Crippen LogP contribution >= 0.6 is 13.5 Å². The predicted octanol–water partition coefficient (Wildman–Crippen LogP) is 1.20. The van der Waals surface area contributed by atoms with E-state index in [0.29, 0.717) is 37.6 Å². The van der Waals surface area contributed by atoms with Crippen LogP contribution in [0.5, 0.6) is 5.75 Å². The number of amides is 3.